The Morgan fingerprint density at radius 3 is 1.83 bits per heavy atom. The standard InChI is InChI=1S/C6H2N2S4/c1-2-4-6(10-12-8-4)5-3(1)7-11-9-5/h1-2H. The molecule has 0 spiro atoms. The van der Waals surface area contributed by atoms with Crippen molar-refractivity contribution in [3.05, 3.63) is 22.8 Å². The lowest BCUT2D eigenvalue weighted by Gasteiger charge is -1.94. The van der Waals surface area contributed by atoms with Gasteiger partial charge in [-0.1, -0.05) is 0 Å². The first-order chi connectivity index (χ1) is 5.95. The molecule has 0 aromatic heterocycles. The molecule has 0 aliphatic carbocycles. The van der Waals surface area contributed by atoms with Crippen LogP contribution in [0.15, 0.2) is 30.7 Å². The largest absolute Gasteiger partial charge is 0.204 e. The SMILES string of the molecule is c1cc2c(c3c1=NSS3)SSN=2. The maximum Gasteiger partial charge on any atom is 0.0881 e. The highest BCUT2D eigenvalue weighted by molar-refractivity contribution is 8.77. The molecule has 0 fully saturated rings. The molecule has 0 amide bonds. The lowest BCUT2D eigenvalue weighted by Crippen LogP contribution is -2.10. The van der Waals surface area contributed by atoms with Gasteiger partial charge in [-0.05, 0) is 33.7 Å². The van der Waals surface area contributed by atoms with Crippen LogP contribution in [0.5, 0.6) is 0 Å². The summed E-state index contributed by atoms with van der Waals surface area (Å²) in [4.78, 5) is 2.58. The Morgan fingerprint density at radius 2 is 1.33 bits per heavy atom. The Morgan fingerprint density at radius 1 is 0.833 bits per heavy atom. The molecule has 60 valence electrons. The van der Waals surface area contributed by atoms with Gasteiger partial charge in [0.1, 0.15) is 0 Å². The summed E-state index contributed by atoms with van der Waals surface area (Å²) in [7, 11) is 6.55. The summed E-state index contributed by atoms with van der Waals surface area (Å²) in [6.45, 7) is 0. The van der Waals surface area contributed by atoms with Crippen molar-refractivity contribution in [2.75, 3.05) is 0 Å². The van der Waals surface area contributed by atoms with Crippen molar-refractivity contribution >= 4 is 43.5 Å². The van der Waals surface area contributed by atoms with Crippen LogP contribution < -0.4 is 10.7 Å². The van der Waals surface area contributed by atoms with Crippen LogP contribution in [0.25, 0.3) is 0 Å². The van der Waals surface area contributed by atoms with E-state index in [1.54, 1.807) is 43.5 Å². The fraction of sp³-hybridized carbons (Fsp3) is 0. The summed E-state index contributed by atoms with van der Waals surface area (Å²) in [5.74, 6) is 0. The average Bonchev–Trinajstić information content (AvgIpc) is 2.71. The van der Waals surface area contributed by atoms with E-state index in [1.807, 2.05) is 12.1 Å². The number of fused-ring (bicyclic) bond motifs is 3. The Labute approximate surface area is 84.8 Å². The zero-order valence-electron chi connectivity index (χ0n) is 5.68. The molecule has 0 saturated heterocycles. The average molecular weight is 230 g/mol. The van der Waals surface area contributed by atoms with Crippen molar-refractivity contribution in [3.63, 3.8) is 0 Å². The van der Waals surface area contributed by atoms with Gasteiger partial charge in [0, 0.05) is 22.0 Å². The van der Waals surface area contributed by atoms with Crippen LogP contribution in [0.4, 0.5) is 0 Å². The third-order valence-electron chi connectivity index (χ3n) is 1.58. The van der Waals surface area contributed by atoms with Gasteiger partial charge in [0.25, 0.3) is 0 Å². The minimum absolute atomic E-state index is 1.11. The van der Waals surface area contributed by atoms with Crippen molar-refractivity contribution in [2.45, 2.75) is 9.79 Å². The minimum Gasteiger partial charge on any atom is -0.204 e. The summed E-state index contributed by atoms with van der Waals surface area (Å²) in [5.41, 5.74) is 0. The normalized spacial score (nSPS) is 18.0. The Hall–Kier alpha value is 0.220. The van der Waals surface area contributed by atoms with Crippen molar-refractivity contribution < 1.29 is 0 Å². The van der Waals surface area contributed by atoms with Gasteiger partial charge in [0.15, 0.2) is 0 Å². The second-order valence-corrected chi connectivity index (χ2v) is 5.97. The van der Waals surface area contributed by atoms with E-state index < -0.39 is 0 Å². The van der Waals surface area contributed by atoms with Gasteiger partial charge < -0.3 is 0 Å². The molecule has 3 rings (SSSR count). The molecule has 0 unspecified atom stereocenters. The fourth-order valence-electron chi connectivity index (χ4n) is 1.04. The summed E-state index contributed by atoms with van der Waals surface area (Å²) in [5, 5.41) is 2.21. The summed E-state index contributed by atoms with van der Waals surface area (Å²) in [6.07, 6.45) is 0. The predicted octanol–water partition coefficient (Wildman–Crippen LogP) is 2.26. The van der Waals surface area contributed by atoms with Crippen LogP contribution in [-0.4, -0.2) is 0 Å². The Kier molecular flexibility index (Phi) is 1.82. The van der Waals surface area contributed by atoms with Gasteiger partial charge >= 0.3 is 0 Å². The third kappa shape index (κ3) is 1.02. The van der Waals surface area contributed by atoms with Crippen molar-refractivity contribution in [3.8, 4) is 0 Å². The van der Waals surface area contributed by atoms with E-state index in [9.17, 15) is 0 Å². The van der Waals surface area contributed by atoms with Crippen LogP contribution in [0.3, 0.4) is 0 Å². The lowest BCUT2D eigenvalue weighted by atomic mass is 10.3. The van der Waals surface area contributed by atoms with Gasteiger partial charge in [-0.2, -0.15) is 0 Å². The first kappa shape index (κ1) is 7.61. The summed E-state index contributed by atoms with van der Waals surface area (Å²) < 4.78 is 8.58. The molecule has 0 saturated carbocycles. The van der Waals surface area contributed by atoms with E-state index in [1.165, 1.54) is 9.79 Å². The molecule has 0 bridgehead atoms. The molecular formula is C6H2N2S4. The Bertz CT molecular complexity index is 412. The molecule has 0 atom stereocenters. The summed E-state index contributed by atoms with van der Waals surface area (Å²) >= 11 is 0. The van der Waals surface area contributed by atoms with E-state index in [2.05, 4.69) is 8.80 Å². The van der Waals surface area contributed by atoms with Gasteiger partial charge in [0.2, 0.25) is 0 Å². The molecule has 1 aromatic carbocycles. The molecule has 1 aromatic rings. The molecule has 2 heterocycles. The third-order valence-corrected chi connectivity index (χ3v) is 5.46. The van der Waals surface area contributed by atoms with E-state index >= 15 is 0 Å². The number of rotatable bonds is 0. The quantitative estimate of drug-likeness (QED) is 0.504. The first-order valence-electron chi connectivity index (χ1n) is 3.21. The lowest BCUT2D eigenvalue weighted by molar-refractivity contribution is 1.12. The number of nitrogens with zero attached hydrogens (tertiary/aromatic N) is 2. The molecule has 2 aliphatic rings. The molecule has 12 heavy (non-hydrogen) atoms. The smallest absolute Gasteiger partial charge is 0.0881 e. The van der Waals surface area contributed by atoms with Crippen LogP contribution in [-0.2, 0) is 0 Å². The van der Waals surface area contributed by atoms with Crippen LogP contribution in [0.2, 0.25) is 0 Å². The van der Waals surface area contributed by atoms with Crippen molar-refractivity contribution in [1.82, 2.24) is 0 Å². The Balaban J connectivity index is 2.44. The molecular weight excluding hydrogens is 228 g/mol. The molecule has 6 heteroatoms. The number of benzene rings is 1. The second-order valence-electron chi connectivity index (χ2n) is 2.26. The number of hydrogen-bond acceptors (Lipinski definition) is 6. The van der Waals surface area contributed by atoms with E-state index in [0.717, 1.165) is 10.7 Å². The van der Waals surface area contributed by atoms with Gasteiger partial charge in [-0.3, -0.25) is 0 Å². The monoisotopic (exact) mass is 230 g/mol. The summed E-state index contributed by atoms with van der Waals surface area (Å²) in [6, 6.07) is 4.08. The van der Waals surface area contributed by atoms with E-state index in [-0.39, 0.29) is 0 Å². The highest BCUT2D eigenvalue weighted by atomic mass is 33.1. The van der Waals surface area contributed by atoms with Crippen molar-refractivity contribution in [2.24, 2.45) is 8.80 Å². The van der Waals surface area contributed by atoms with Crippen molar-refractivity contribution in [1.29, 1.82) is 0 Å². The molecule has 2 nitrogen and oxygen atoms in total. The predicted molar refractivity (Wildman–Crippen MR) is 55.7 cm³/mol. The molecule has 2 aliphatic heterocycles. The topological polar surface area (TPSA) is 24.7 Å². The second kappa shape index (κ2) is 2.87. The van der Waals surface area contributed by atoms with E-state index in [4.69, 9.17) is 0 Å². The van der Waals surface area contributed by atoms with Crippen LogP contribution >= 0.6 is 43.5 Å². The maximum atomic E-state index is 4.29. The molecule has 0 N–H and O–H groups in total. The first-order valence-corrected chi connectivity index (χ1v) is 7.43. The number of hydrogen-bond donors (Lipinski definition) is 0. The van der Waals surface area contributed by atoms with E-state index in [0.29, 0.717) is 0 Å². The highest BCUT2D eigenvalue weighted by Crippen LogP contribution is 2.43. The van der Waals surface area contributed by atoms with Crippen LogP contribution in [0.1, 0.15) is 0 Å². The van der Waals surface area contributed by atoms with Gasteiger partial charge in [0.05, 0.1) is 20.5 Å². The van der Waals surface area contributed by atoms with Crippen LogP contribution in [0, 0.1) is 0 Å². The zero-order valence-corrected chi connectivity index (χ0v) is 8.95. The van der Waals surface area contributed by atoms with Gasteiger partial charge in [-0.15, -0.1) is 0 Å². The fourth-order valence-corrected chi connectivity index (χ4v) is 5.33. The molecule has 0 radical (unpaired) electrons. The maximum absolute atomic E-state index is 4.29. The van der Waals surface area contributed by atoms with Gasteiger partial charge in [-0.25, -0.2) is 8.80 Å². The zero-order chi connectivity index (χ0) is 7.97. The highest BCUT2D eigenvalue weighted by Gasteiger charge is 2.17. The minimum atomic E-state index is 1.11.